The highest BCUT2D eigenvalue weighted by molar-refractivity contribution is 9.10. The standard InChI is InChI=1S/C19H18BrNO2S2/c20-15-8-17(24-12-15)19-6-7-23-10-14(19)11-25-18(21-19)9-16(22)13-4-2-1-3-5-13/h1-5,8,12,14H,6-7,9-11H2/t14-,19-/m0/s1. The van der Waals surface area contributed by atoms with E-state index in [1.807, 2.05) is 30.3 Å². The molecule has 2 atom stereocenters. The first-order chi connectivity index (χ1) is 12.2. The molecule has 4 rings (SSSR count). The Balaban J connectivity index is 1.65. The molecule has 0 bridgehead atoms. The number of ether oxygens (including phenoxy) is 1. The molecule has 2 aliphatic heterocycles. The lowest BCUT2D eigenvalue weighted by Gasteiger charge is -2.43. The number of Topliss-reactive ketones (excluding diaryl/α,β-unsaturated/α-hetero) is 1. The highest BCUT2D eigenvalue weighted by atomic mass is 79.9. The molecule has 25 heavy (non-hydrogen) atoms. The second-order valence-electron chi connectivity index (χ2n) is 6.36. The number of hydrogen-bond donors (Lipinski definition) is 0. The predicted octanol–water partition coefficient (Wildman–Crippen LogP) is 5.16. The lowest BCUT2D eigenvalue weighted by atomic mass is 9.80. The first-order valence-corrected chi connectivity index (χ1v) is 11.0. The molecule has 130 valence electrons. The molecule has 0 radical (unpaired) electrons. The van der Waals surface area contributed by atoms with Gasteiger partial charge in [-0.05, 0) is 22.0 Å². The Hall–Kier alpha value is -0.950. The number of ketones is 1. The van der Waals surface area contributed by atoms with E-state index in [1.165, 1.54) is 4.88 Å². The van der Waals surface area contributed by atoms with Gasteiger partial charge in [0.2, 0.25) is 0 Å². The number of rotatable bonds is 4. The average Bonchev–Trinajstić information content (AvgIpc) is 3.09. The molecule has 0 unspecified atom stereocenters. The molecule has 1 fully saturated rings. The van der Waals surface area contributed by atoms with E-state index in [0.717, 1.165) is 40.5 Å². The van der Waals surface area contributed by atoms with Crippen LogP contribution in [0.15, 0.2) is 51.2 Å². The van der Waals surface area contributed by atoms with Crippen molar-refractivity contribution in [1.29, 1.82) is 0 Å². The van der Waals surface area contributed by atoms with Gasteiger partial charge in [0, 0.05) is 45.0 Å². The molecule has 1 aromatic heterocycles. The van der Waals surface area contributed by atoms with Gasteiger partial charge < -0.3 is 4.74 Å². The van der Waals surface area contributed by atoms with Crippen molar-refractivity contribution in [3.05, 3.63) is 56.7 Å². The van der Waals surface area contributed by atoms with Crippen LogP contribution in [0.4, 0.5) is 0 Å². The van der Waals surface area contributed by atoms with Crippen molar-refractivity contribution in [2.45, 2.75) is 18.4 Å². The summed E-state index contributed by atoms with van der Waals surface area (Å²) in [6.45, 7) is 1.46. The molecule has 3 heterocycles. The van der Waals surface area contributed by atoms with Crippen molar-refractivity contribution in [3.63, 3.8) is 0 Å². The Bertz CT molecular complexity index is 805. The monoisotopic (exact) mass is 435 g/mol. The Morgan fingerprint density at radius 2 is 2.20 bits per heavy atom. The minimum atomic E-state index is -0.230. The van der Waals surface area contributed by atoms with Crippen molar-refractivity contribution in [3.8, 4) is 0 Å². The average molecular weight is 436 g/mol. The smallest absolute Gasteiger partial charge is 0.169 e. The van der Waals surface area contributed by atoms with Gasteiger partial charge in [0.1, 0.15) is 5.54 Å². The molecule has 6 heteroatoms. The summed E-state index contributed by atoms with van der Waals surface area (Å²) in [5.74, 6) is 1.46. The van der Waals surface area contributed by atoms with Crippen molar-refractivity contribution < 1.29 is 9.53 Å². The van der Waals surface area contributed by atoms with Crippen LogP contribution < -0.4 is 0 Å². The zero-order chi connectivity index (χ0) is 17.3. The van der Waals surface area contributed by atoms with E-state index in [4.69, 9.17) is 9.73 Å². The van der Waals surface area contributed by atoms with Crippen LogP contribution in [-0.2, 0) is 10.3 Å². The number of fused-ring (bicyclic) bond motifs is 1. The lowest BCUT2D eigenvalue weighted by molar-refractivity contribution is 0.0114. The largest absolute Gasteiger partial charge is 0.381 e. The summed E-state index contributed by atoms with van der Waals surface area (Å²) in [5.41, 5.74) is 0.528. The normalized spacial score (nSPS) is 26.0. The fourth-order valence-corrected chi connectivity index (χ4v) is 6.36. The van der Waals surface area contributed by atoms with Gasteiger partial charge in [0.15, 0.2) is 5.78 Å². The van der Waals surface area contributed by atoms with Crippen LogP contribution in [0.5, 0.6) is 0 Å². The molecule has 1 aromatic carbocycles. The van der Waals surface area contributed by atoms with Crippen LogP contribution in [0.3, 0.4) is 0 Å². The van der Waals surface area contributed by atoms with E-state index in [0.29, 0.717) is 12.3 Å². The van der Waals surface area contributed by atoms with Crippen LogP contribution in [0, 0.1) is 5.92 Å². The third-order valence-corrected chi connectivity index (χ3v) is 7.79. The molecule has 0 saturated carbocycles. The Labute approximate surface area is 164 Å². The van der Waals surface area contributed by atoms with E-state index < -0.39 is 0 Å². The minimum absolute atomic E-state index is 0.139. The van der Waals surface area contributed by atoms with Gasteiger partial charge >= 0.3 is 0 Å². The Kier molecular flexibility index (Phi) is 5.13. The molecular weight excluding hydrogens is 418 g/mol. The van der Waals surface area contributed by atoms with Crippen LogP contribution >= 0.6 is 39.0 Å². The number of aliphatic imine (C=N–C) groups is 1. The summed E-state index contributed by atoms with van der Waals surface area (Å²) in [4.78, 5) is 19.0. The van der Waals surface area contributed by atoms with Crippen molar-refractivity contribution >= 4 is 49.9 Å². The highest BCUT2D eigenvalue weighted by Gasteiger charge is 2.46. The molecule has 3 nitrogen and oxygen atoms in total. The van der Waals surface area contributed by atoms with E-state index in [2.05, 4.69) is 27.4 Å². The number of carbonyl (C=O) groups excluding carboxylic acids is 1. The maximum absolute atomic E-state index is 12.6. The Morgan fingerprint density at radius 1 is 1.36 bits per heavy atom. The molecule has 0 N–H and O–H groups in total. The first kappa shape index (κ1) is 17.5. The summed E-state index contributed by atoms with van der Waals surface area (Å²) in [6, 6.07) is 11.7. The summed E-state index contributed by atoms with van der Waals surface area (Å²) in [5, 5.41) is 3.07. The number of thioether (sulfide) groups is 1. The van der Waals surface area contributed by atoms with Gasteiger partial charge in [-0.15, -0.1) is 23.1 Å². The molecule has 0 spiro atoms. The number of thiophene rings is 1. The van der Waals surface area contributed by atoms with Crippen molar-refractivity contribution in [2.24, 2.45) is 10.9 Å². The van der Waals surface area contributed by atoms with E-state index >= 15 is 0 Å². The summed E-state index contributed by atoms with van der Waals surface area (Å²) in [7, 11) is 0. The molecule has 0 aliphatic carbocycles. The maximum Gasteiger partial charge on any atom is 0.169 e. The topological polar surface area (TPSA) is 38.7 Å². The third kappa shape index (κ3) is 3.50. The minimum Gasteiger partial charge on any atom is -0.381 e. The summed E-state index contributed by atoms with van der Waals surface area (Å²) >= 11 is 7.03. The number of halogens is 1. The first-order valence-electron chi connectivity index (χ1n) is 8.29. The van der Waals surface area contributed by atoms with Crippen molar-refractivity contribution in [1.82, 2.24) is 0 Å². The summed E-state index contributed by atoms with van der Waals surface area (Å²) in [6.07, 6.45) is 1.27. The molecular formula is C19H18BrNO2S2. The van der Waals surface area contributed by atoms with Crippen LogP contribution in [0.2, 0.25) is 0 Å². The molecule has 0 amide bonds. The molecule has 2 aromatic rings. The lowest BCUT2D eigenvalue weighted by Crippen LogP contribution is -2.45. The third-order valence-electron chi connectivity index (χ3n) is 4.80. The van der Waals surface area contributed by atoms with E-state index in [9.17, 15) is 4.79 Å². The zero-order valence-corrected chi connectivity index (χ0v) is 16.8. The number of hydrogen-bond acceptors (Lipinski definition) is 5. The number of benzene rings is 1. The number of nitrogens with zero attached hydrogens (tertiary/aromatic N) is 1. The predicted molar refractivity (Wildman–Crippen MR) is 108 cm³/mol. The highest BCUT2D eigenvalue weighted by Crippen LogP contribution is 2.48. The van der Waals surface area contributed by atoms with Gasteiger partial charge in [-0.25, -0.2) is 0 Å². The maximum atomic E-state index is 12.6. The number of carbonyl (C=O) groups is 1. The zero-order valence-electron chi connectivity index (χ0n) is 13.6. The SMILES string of the molecule is O=C(CC1=N[C@@]2(c3cc(Br)cs3)CCOC[C@H]2CS1)c1ccccc1. The van der Waals surface area contributed by atoms with Gasteiger partial charge in [0.25, 0.3) is 0 Å². The molecule has 1 saturated heterocycles. The summed E-state index contributed by atoms with van der Waals surface area (Å²) < 4.78 is 6.82. The van der Waals surface area contributed by atoms with Crippen LogP contribution in [0.25, 0.3) is 0 Å². The van der Waals surface area contributed by atoms with E-state index in [-0.39, 0.29) is 11.3 Å². The fourth-order valence-electron chi connectivity index (χ4n) is 3.45. The van der Waals surface area contributed by atoms with Gasteiger partial charge in [-0.3, -0.25) is 9.79 Å². The van der Waals surface area contributed by atoms with Crippen molar-refractivity contribution in [2.75, 3.05) is 19.0 Å². The second-order valence-corrected chi connectivity index (χ2v) is 9.28. The van der Waals surface area contributed by atoms with E-state index in [1.54, 1.807) is 23.1 Å². The second kappa shape index (κ2) is 7.35. The fraction of sp³-hybridized carbons (Fsp3) is 0.368. The van der Waals surface area contributed by atoms with Crippen LogP contribution in [-0.4, -0.2) is 29.8 Å². The molecule has 2 aliphatic rings. The van der Waals surface area contributed by atoms with Gasteiger partial charge in [0.05, 0.1) is 18.1 Å². The van der Waals surface area contributed by atoms with Gasteiger partial charge in [-0.1, -0.05) is 30.3 Å². The quantitative estimate of drug-likeness (QED) is 0.622. The van der Waals surface area contributed by atoms with Gasteiger partial charge in [-0.2, -0.15) is 0 Å². The Morgan fingerprint density at radius 3 is 2.96 bits per heavy atom. The van der Waals surface area contributed by atoms with Crippen LogP contribution in [0.1, 0.15) is 28.1 Å².